The summed E-state index contributed by atoms with van der Waals surface area (Å²) in [5.74, 6) is 0.536. The van der Waals surface area contributed by atoms with E-state index in [1.807, 2.05) is 24.3 Å². The number of nitrogens with one attached hydrogen (secondary N) is 2. The molecule has 0 radical (unpaired) electrons. The van der Waals surface area contributed by atoms with Crippen LogP contribution in [0.5, 0.6) is 0 Å². The van der Waals surface area contributed by atoms with Crippen molar-refractivity contribution in [3.63, 3.8) is 0 Å². The summed E-state index contributed by atoms with van der Waals surface area (Å²) in [6, 6.07) is 13.1. The van der Waals surface area contributed by atoms with E-state index in [0.29, 0.717) is 23.1 Å². The molecule has 6 heteroatoms. The number of rotatable bonds is 3. The van der Waals surface area contributed by atoms with Crippen molar-refractivity contribution in [3.05, 3.63) is 47.5 Å². The third kappa shape index (κ3) is 2.88. The SMILES string of the molecule is O=C(Nc1ccc(Cl)cc1-c1nc2ccccc2[nH]1)C1CCCO1. The number of H-pyrrole nitrogens is 1. The number of halogens is 1. The first-order valence-corrected chi connectivity index (χ1v) is 8.25. The maximum Gasteiger partial charge on any atom is 0.253 e. The zero-order valence-electron chi connectivity index (χ0n) is 12.9. The molecule has 2 heterocycles. The number of amides is 1. The van der Waals surface area contributed by atoms with E-state index in [0.717, 1.165) is 29.4 Å². The highest BCUT2D eigenvalue weighted by Gasteiger charge is 2.24. The second kappa shape index (κ2) is 6.26. The van der Waals surface area contributed by atoms with Gasteiger partial charge in [-0.2, -0.15) is 0 Å². The van der Waals surface area contributed by atoms with Gasteiger partial charge in [0.05, 0.1) is 16.7 Å². The third-order valence-electron chi connectivity index (χ3n) is 4.11. The smallest absolute Gasteiger partial charge is 0.253 e. The number of anilines is 1. The van der Waals surface area contributed by atoms with Crippen molar-refractivity contribution in [2.24, 2.45) is 0 Å². The zero-order chi connectivity index (χ0) is 16.5. The largest absolute Gasteiger partial charge is 0.368 e. The van der Waals surface area contributed by atoms with Gasteiger partial charge in [0.25, 0.3) is 5.91 Å². The summed E-state index contributed by atoms with van der Waals surface area (Å²) in [6.45, 7) is 0.634. The first kappa shape index (κ1) is 15.2. The minimum Gasteiger partial charge on any atom is -0.368 e. The number of aromatic amines is 1. The third-order valence-corrected chi connectivity index (χ3v) is 4.34. The van der Waals surface area contributed by atoms with E-state index in [1.54, 1.807) is 18.2 Å². The van der Waals surface area contributed by atoms with Gasteiger partial charge in [0.15, 0.2) is 0 Å². The van der Waals surface area contributed by atoms with Gasteiger partial charge in [0.2, 0.25) is 0 Å². The predicted molar refractivity (Wildman–Crippen MR) is 94.1 cm³/mol. The molecule has 122 valence electrons. The molecule has 3 aromatic rings. The fourth-order valence-corrected chi connectivity index (χ4v) is 3.07. The Hall–Kier alpha value is -2.37. The fourth-order valence-electron chi connectivity index (χ4n) is 2.90. The Kier molecular flexibility index (Phi) is 3.96. The van der Waals surface area contributed by atoms with Gasteiger partial charge in [-0.3, -0.25) is 4.79 Å². The molecule has 1 fully saturated rings. The standard InChI is InChI=1S/C18H16ClN3O2/c19-11-7-8-13(22-18(23)16-6-3-9-24-16)12(10-11)17-20-14-4-1-2-5-15(14)21-17/h1-2,4-5,7-8,10,16H,3,6,9H2,(H,20,21)(H,22,23). The van der Waals surface area contributed by atoms with Crippen molar-refractivity contribution >= 4 is 34.2 Å². The molecular formula is C18H16ClN3O2. The Bertz CT molecular complexity index is 867. The summed E-state index contributed by atoms with van der Waals surface area (Å²) in [5.41, 5.74) is 3.22. The number of carbonyl (C=O) groups is 1. The second-order valence-corrected chi connectivity index (χ2v) is 6.22. The first-order valence-electron chi connectivity index (χ1n) is 7.88. The summed E-state index contributed by atoms with van der Waals surface area (Å²) < 4.78 is 5.44. The number of hydrogen-bond acceptors (Lipinski definition) is 3. The molecule has 1 aliphatic heterocycles. The Morgan fingerprint density at radius 3 is 2.96 bits per heavy atom. The number of aromatic nitrogens is 2. The summed E-state index contributed by atoms with van der Waals surface area (Å²) >= 11 is 6.15. The first-order chi connectivity index (χ1) is 11.7. The van der Waals surface area contributed by atoms with Crippen LogP contribution in [0.2, 0.25) is 5.02 Å². The van der Waals surface area contributed by atoms with E-state index in [-0.39, 0.29) is 12.0 Å². The molecule has 1 aromatic heterocycles. The van der Waals surface area contributed by atoms with Crippen molar-refractivity contribution in [2.45, 2.75) is 18.9 Å². The lowest BCUT2D eigenvalue weighted by Crippen LogP contribution is -2.27. The van der Waals surface area contributed by atoms with Crippen LogP contribution in [0.1, 0.15) is 12.8 Å². The minimum atomic E-state index is -0.385. The van der Waals surface area contributed by atoms with Crippen molar-refractivity contribution in [1.82, 2.24) is 9.97 Å². The number of nitrogens with zero attached hydrogens (tertiary/aromatic N) is 1. The average Bonchev–Trinajstić information content (AvgIpc) is 3.25. The quantitative estimate of drug-likeness (QED) is 0.756. The van der Waals surface area contributed by atoms with E-state index in [9.17, 15) is 4.79 Å². The molecule has 0 spiro atoms. The van der Waals surface area contributed by atoms with Gasteiger partial charge in [-0.05, 0) is 43.2 Å². The number of fused-ring (bicyclic) bond motifs is 1. The average molecular weight is 342 g/mol. The Balaban J connectivity index is 1.71. The van der Waals surface area contributed by atoms with Crippen LogP contribution in [-0.2, 0) is 9.53 Å². The van der Waals surface area contributed by atoms with Crippen molar-refractivity contribution in [1.29, 1.82) is 0 Å². The van der Waals surface area contributed by atoms with E-state index in [1.165, 1.54) is 0 Å². The van der Waals surface area contributed by atoms with Gasteiger partial charge in [0, 0.05) is 17.2 Å². The van der Waals surface area contributed by atoms with Crippen LogP contribution in [0.25, 0.3) is 22.4 Å². The minimum absolute atomic E-state index is 0.132. The Labute approximate surface area is 144 Å². The molecule has 5 nitrogen and oxygen atoms in total. The van der Waals surface area contributed by atoms with Crippen LogP contribution in [0.4, 0.5) is 5.69 Å². The van der Waals surface area contributed by atoms with Gasteiger partial charge in [-0.15, -0.1) is 0 Å². The topological polar surface area (TPSA) is 67.0 Å². The number of para-hydroxylation sites is 2. The van der Waals surface area contributed by atoms with Gasteiger partial charge in [-0.1, -0.05) is 23.7 Å². The Morgan fingerprint density at radius 1 is 1.29 bits per heavy atom. The molecular weight excluding hydrogens is 326 g/mol. The van der Waals surface area contributed by atoms with E-state index >= 15 is 0 Å². The summed E-state index contributed by atoms with van der Waals surface area (Å²) in [7, 11) is 0. The molecule has 0 aliphatic carbocycles. The summed E-state index contributed by atoms with van der Waals surface area (Å²) in [5, 5.41) is 3.52. The second-order valence-electron chi connectivity index (χ2n) is 5.78. The van der Waals surface area contributed by atoms with Crippen LogP contribution in [0.15, 0.2) is 42.5 Å². The number of benzene rings is 2. The fraction of sp³-hybridized carbons (Fsp3) is 0.222. The lowest BCUT2D eigenvalue weighted by molar-refractivity contribution is -0.124. The highest BCUT2D eigenvalue weighted by Crippen LogP contribution is 2.31. The van der Waals surface area contributed by atoms with Crippen molar-refractivity contribution in [2.75, 3.05) is 11.9 Å². The van der Waals surface area contributed by atoms with E-state index in [2.05, 4.69) is 15.3 Å². The number of hydrogen-bond donors (Lipinski definition) is 2. The molecule has 24 heavy (non-hydrogen) atoms. The lowest BCUT2D eigenvalue weighted by atomic mass is 10.1. The number of imidazole rings is 1. The lowest BCUT2D eigenvalue weighted by Gasteiger charge is -2.13. The maximum atomic E-state index is 12.4. The molecule has 4 rings (SSSR count). The molecule has 0 saturated carbocycles. The highest BCUT2D eigenvalue weighted by molar-refractivity contribution is 6.31. The zero-order valence-corrected chi connectivity index (χ0v) is 13.6. The summed E-state index contributed by atoms with van der Waals surface area (Å²) in [6.07, 6.45) is 1.28. The van der Waals surface area contributed by atoms with Crippen LogP contribution in [0.3, 0.4) is 0 Å². The van der Waals surface area contributed by atoms with Gasteiger partial charge in [-0.25, -0.2) is 4.98 Å². The van der Waals surface area contributed by atoms with Crippen LogP contribution >= 0.6 is 11.6 Å². The predicted octanol–water partition coefficient (Wildman–Crippen LogP) is 4.00. The molecule has 1 atom stereocenters. The summed E-state index contributed by atoms with van der Waals surface area (Å²) in [4.78, 5) is 20.2. The molecule has 2 aromatic carbocycles. The van der Waals surface area contributed by atoms with Crippen LogP contribution in [0, 0.1) is 0 Å². The van der Waals surface area contributed by atoms with Gasteiger partial charge in [0.1, 0.15) is 11.9 Å². The molecule has 1 aliphatic rings. The van der Waals surface area contributed by atoms with Gasteiger partial charge < -0.3 is 15.0 Å². The van der Waals surface area contributed by atoms with E-state index in [4.69, 9.17) is 16.3 Å². The van der Waals surface area contributed by atoms with Gasteiger partial charge >= 0.3 is 0 Å². The number of carbonyl (C=O) groups excluding carboxylic acids is 1. The molecule has 0 bridgehead atoms. The molecule has 1 saturated heterocycles. The van der Waals surface area contributed by atoms with Crippen molar-refractivity contribution < 1.29 is 9.53 Å². The van der Waals surface area contributed by atoms with E-state index < -0.39 is 0 Å². The monoisotopic (exact) mass is 341 g/mol. The molecule has 1 amide bonds. The van der Waals surface area contributed by atoms with Crippen molar-refractivity contribution in [3.8, 4) is 11.4 Å². The highest BCUT2D eigenvalue weighted by atomic mass is 35.5. The Morgan fingerprint density at radius 2 is 2.17 bits per heavy atom. The maximum absolute atomic E-state index is 12.4. The van der Waals surface area contributed by atoms with Crippen LogP contribution in [-0.4, -0.2) is 28.6 Å². The molecule has 2 N–H and O–H groups in total. The number of ether oxygens (including phenoxy) is 1. The van der Waals surface area contributed by atoms with Crippen LogP contribution < -0.4 is 5.32 Å². The normalized spacial score (nSPS) is 17.3. The molecule has 1 unspecified atom stereocenters.